The van der Waals surface area contributed by atoms with Gasteiger partial charge in [-0.2, -0.15) is 0 Å². The Hall–Kier alpha value is 0.0600. The Kier molecular flexibility index (Phi) is 6.97. The molecule has 2 heterocycles. The van der Waals surface area contributed by atoms with Crippen LogP contribution in [0.3, 0.4) is 0 Å². The number of nitrogens with one attached hydrogen (secondary N) is 1. The largest absolute Gasteiger partial charge is 0.379 e. The number of hydrogen-bond acceptors (Lipinski definition) is 4. The summed E-state index contributed by atoms with van der Waals surface area (Å²) in [6, 6.07) is 2.83. The SMILES string of the molecule is CC(C)CC(CNCc1cc(Br)cs1)N1CCOCC1. The number of ether oxygens (including phenoxy) is 1. The minimum Gasteiger partial charge on any atom is -0.379 e. The second-order valence-corrected chi connectivity index (χ2v) is 7.71. The molecule has 5 heteroatoms. The smallest absolute Gasteiger partial charge is 0.0594 e. The molecule has 1 aromatic heterocycles. The van der Waals surface area contributed by atoms with Crippen LogP contribution in [0.4, 0.5) is 0 Å². The molecule has 0 radical (unpaired) electrons. The summed E-state index contributed by atoms with van der Waals surface area (Å²) in [5, 5.41) is 5.77. The summed E-state index contributed by atoms with van der Waals surface area (Å²) >= 11 is 5.32. The zero-order valence-electron chi connectivity index (χ0n) is 12.4. The fraction of sp³-hybridized carbons (Fsp3) is 0.733. The Morgan fingerprint density at radius 1 is 1.40 bits per heavy atom. The van der Waals surface area contributed by atoms with E-state index in [4.69, 9.17) is 4.74 Å². The van der Waals surface area contributed by atoms with Crippen molar-refractivity contribution in [1.82, 2.24) is 10.2 Å². The maximum Gasteiger partial charge on any atom is 0.0594 e. The molecule has 114 valence electrons. The maximum absolute atomic E-state index is 5.47. The van der Waals surface area contributed by atoms with Gasteiger partial charge in [-0.15, -0.1) is 11.3 Å². The van der Waals surface area contributed by atoms with Crippen LogP contribution < -0.4 is 5.32 Å². The van der Waals surface area contributed by atoms with E-state index in [2.05, 4.69) is 51.4 Å². The highest BCUT2D eigenvalue weighted by atomic mass is 79.9. The number of nitrogens with zero attached hydrogens (tertiary/aromatic N) is 1. The molecule has 0 aromatic carbocycles. The second-order valence-electron chi connectivity index (χ2n) is 5.79. The fourth-order valence-corrected chi connectivity index (χ4v) is 4.08. The Labute approximate surface area is 134 Å². The highest BCUT2D eigenvalue weighted by Crippen LogP contribution is 2.19. The first-order valence-corrected chi connectivity index (χ1v) is 9.08. The summed E-state index contributed by atoms with van der Waals surface area (Å²) in [5.74, 6) is 0.737. The number of morpholine rings is 1. The Morgan fingerprint density at radius 3 is 2.75 bits per heavy atom. The van der Waals surface area contributed by atoms with E-state index in [0.717, 1.165) is 45.3 Å². The number of rotatable bonds is 7. The third-order valence-electron chi connectivity index (χ3n) is 3.61. The lowest BCUT2D eigenvalue weighted by Crippen LogP contribution is -2.48. The van der Waals surface area contributed by atoms with E-state index in [-0.39, 0.29) is 0 Å². The molecule has 0 aliphatic carbocycles. The lowest BCUT2D eigenvalue weighted by atomic mass is 10.0. The minimum atomic E-state index is 0.627. The maximum atomic E-state index is 5.47. The second kappa shape index (κ2) is 8.49. The summed E-state index contributed by atoms with van der Waals surface area (Å²) in [4.78, 5) is 3.98. The van der Waals surface area contributed by atoms with Gasteiger partial charge in [0.05, 0.1) is 13.2 Å². The average molecular weight is 361 g/mol. The van der Waals surface area contributed by atoms with E-state index in [1.807, 2.05) is 11.3 Å². The molecule has 0 bridgehead atoms. The lowest BCUT2D eigenvalue weighted by Gasteiger charge is -2.35. The molecule has 0 amide bonds. The third-order valence-corrected chi connectivity index (χ3v) is 5.30. The fourth-order valence-electron chi connectivity index (χ4n) is 2.66. The molecule has 1 aliphatic heterocycles. The first kappa shape index (κ1) is 16.4. The lowest BCUT2D eigenvalue weighted by molar-refractivity contribution is 0.0123. The van der Waals surface area contributed by atoms with Crippen LogP contribution in [0.2, 0.25) is 0 Å². The van der Waals surface area contributed by atoms with E-state index in [1.165, 1.54) is 15.8 Å². The Morgan fingerprint density at radius 2 is 2.15 bits per heavy atom. The van der Waals surface area contributed by atoms with Crippen LogP contribution >= 0.6 is 27.3 Å². The van der Waals surface area contributed by atoms with Crippen molar-refractivity contribution in [3.8, 4) is 0 Å². The third kappa shape index (κ3) is 5.45. The van der Waals surface area contributed by atoms with Crippen molar-refractivity contribution < 1.29 is 4.74 Å². The summed E-state index contributed by atoms with van der Waals surface area (Å²) < 4.78 is 6.65. The van der Waals surface area contributed by atoms with Gasteiger partial charge < -0.3 is 10.1 Å². The Bertz CT molecular complexity index is 391. The van der Waals surface area contributed by atoms with Gasteiger partial charge in [0.25, 0.3) is 0 Å². The molecular weight excluding hydrogens is 336 g/mol. The van der Waals surface area contributed by atoms with Crippen molar-refractivity contribution in [2.45, 2.75) is 32.9 Å². The summed E-state index contributed by atoms with van der Waals surface area (Å²) in [6.07, 6.45) is 1.25. The van der Waals surface area contributed by atoms with Crippen LogP contribution in [-0.4, -0.2) is 43.8 Å². The Balaban J connectivity index is 1.80. The molecule has 1 fully saturated rings. The predicted molar refractivity (Wildman–Crippen MR) is 89.4 cm³/mol. The molecule has 1 aromatic rings. The van der Waals surface area contributed by atoms with Crippen LogP contribution in [-0.2, 0) is 11.3 Å². The monoisotopic (exact) mass is 360 g/mol. The molecule has 1 N–H and O–H groups in total. The minimum absolute atomic E-state index is 0.627. The number of hydrogen-bond donors (Lipinski definition) is 1. The zero-order valence-corrected chi connectivity index (χ0v) is 14.8. The molecule has 1 saturated heterocycles. The molecule has 1 aliphatic rings. The topological polar surface area (TPSA) is 24.5 Å². The van der Waals surface area contributed by atoms with Crippen LogP contribution in [0, 0.1) is 5.92 Å². The molecule has 1 atom stereocenters. The van der Waals surface area contributed by atoms with E-state index in [1.54, 1.807) is 0 Å². The first-order chi connectivity index (χ1) is 9.65. The van der Waals surface area contributed by atoms with Gasteiger partial charge in [0.1, 0.15) is 0 Å². The number of thiophene rings is 1. The van der Waals surface area contributed by atoms with E-state index in [0.29, 0.717) is 6.04 Å². The normalized spacial score (nSPS) is 18.6. The van der Waals surface area contributed by atoms with E-state index < -0.39 is 0 Å². The van der Waals surface area contributed by atoms with Crippen LogP contribution in [0.25, 0.3) is 0 Å². The van der Waals surface area contributed by atoms with E-state index in [9.17, 15) is 0 Å². The van der Waals surface area contributed by atoms with Gasteiger partial charge >= 0.3 is 0 Å². The average Bonchev–Trinajstić information content (AvgIpc) is 2.84. The van der Waals surface area contributed by atoms with Gasteiger partial charge in [-0.05, 0) is 34.3 Å². The molecule has 0 saturated carbocycles. The standard InChI is InChI=1S/C15H25BrN2OS/c1-12(2)7-14(18-3-5-19-6-4-18)9-17-10-15-8-13(16)11-20-15/h8,11-12,14,17H,3-7,9-10H2,1-2H3. The molecule has 3 nitrogen and oxygen atoms in total. The van der Waals surface area contributed by atoms with Crippen molar-refractivity contribution in [3.05, 3.63) is 20.8 Å². The number of halogens is 1. The molecule has 20 heavy (non-hydrogen) atoms. The van der Waals surface area contributed by atoms with Crippen molar-refractivity contribution in [2.75, 3.05) is 32.8 Å². The summed E-state index contributed by atoms with van der Waals surface area (Å²) in [7, 11) is 0. The summed E-state index contributed by atoms with van der Waals surface area (Å²) in [5.41, 5.74) is 0. The van der Waals surface area contributed by atoms with Crippen LogP contribution in [0.5, 0.6) is 0 Å². The highest BCUT2D eigenvalue weighted by Gasteiger charge is 2.21. The zero-order chi connectivity index (χ0) is 14.4. The molecule has 2 rings (SSSR count). The summed E-state index contributed by atoms with van der Waals surface area (Å²) in [6.45, 7) is 10.6. The van der Waals surface area contributed by atoms with Crippen LogP contribution in [0.1, 0.15) is 25.1 Å². The van der Waals surface area contributed by atoms with Gasteiger partial charge in [0, 0.05) is 47.0 Å². The van der Waals surface area contributed by atoms with Crippen molar-refractivity contribution in [3.63, 3.8) is 0 Å². The van der Waals surface area contributed by atoms with Gasteiger partial charge in [0.15, 0.2) is 0 Å². The van der Waals surface area contributed by atoms with Gasteiger partial charge in [0.2, 0.25) is 0 Å². The van der Waals surface area contributed by atoms with Crippen molar-refractivity contribution >= 4 is 27.3 Å². The van der Waals surface area contributed by atoms with Crippen LogP contribution in [0.15, 0.2) is 15.9 Å². The quantitative estimate of drug-likeness (QED) is 0.806. The molecule has 0 spiro atoms. The van der Waals surface area contributed by atoms with Crippen molar-refractivity contribution in [1.29, 1.82) is 0 Å². The predicted octanol–water partition coefficient (Wildman–Crippen LogP) is 3.35. The molecular formula is C15H25BrN2OS. The van der Waals surface area contributed by atoms with Gasteiger partial charge in [-0.25, -0.2) is 0 Å². The van der Waals surface area contributed by atoms with Gasteiger partial charge in [-0.1, -0.05) is 13.8 Å². The van der Waals surface area contributed by atoms with Gasteiger partial charge in [-0.3, -0.25) is 4.90 Å². The molecule has 1 unspecified atom stereocenters. The van der Waals surface area contributed by atoms with E-state index >= 15 is 0 Å². The first-order valence-electron chi connectivity index (χ1n) is 7.40. The van der Waals surface area contributed by atoms with Crippen molar-refractivity contribution in [2.24, 2.45) is 5.92 Å². The highest BCUT2D eigenvalue weighted by molar-refractivity contribution is 9.10.